The molecular formula is C11H21NOS. The van der Waals surface area contributed by atoms with Crippen molar-refractivity contribution in [3.05, 3.63) is 10.6 Å². The van der Waals surface area contributed by atoms with Crippen LogP contribution in [0.25, 0.3) is 0 Å². The second kappa shape index (κ2) is 3.37. The van der Waals surface area contributed by atoms with E-state index in [1.54, 1.807) is 0 Å². The SMILES string of the molecule is CC(C)(C)C1=C(C(C)(C)C)S(=O)CN1. The predicted octanol–water partition coefficient (Wildman–Crippen LogP) is 2.60. The summed E-state index contributed by atoms with van der Waals surface area (Å²) in [7, 11) is -0.838. The normalized spacial score (nSPS) is 24.0. The summed E-state index contributed by atoms with van der Waals surface area (Å²) in [5, 5.41) is 3.28. The summed E-state index contributed by atoms with van der Waals surface area (Å²) in [5.41, 5.74) is 1.23. The Morgan fingerprint density at radius 2 is 1.57 bits per heavy atom. The van der Waals surface area contributed by atoms with Crippen molar-refractivity contribution in [3.63, 3.8) is 0 Å². The number of hydrogen-bond donors (Lipinski definition) is 1. The number of hydrogen-bond acceptors (Lipinski definition) is 2. The molecule has 0 aliphatic carbocycles. The highest BCUT2D eigenvalue weighted by Crippen LogP contribution is 2.39. The molecule has 0 radical (unpaired) electrons. The number of allylic oxidation sites excluding steroid dienone is 2. The summed E-state index contributed by atoms with van der Waals surface area (Å²) in [4.78, 5) is 1.09. The molecule has 0 fully saturated rings. The third-order valence-corrected chi connectivity index (χ3v) is 3.94. The standard InChI is InChI=1S/C11H21NOS/c1-10(2,3)8-9(11(4,5)6)14(13)7-12-8/h12H,7H2,1-6H3. The van der Waals surface area contributed by atoms with E-state index in [0.717, 1.165) is 4.91 Å². The van der Waals surface area contributed by atoms with Crippen molar-refractivity contribution in [2.24, 2.45) is 10.8 Å². The lowest BCUT2D eigenvalue weighted by Gasteiger charge is -2.27. The van der Waals surface area contributed by atoms with E-state index in [4.69, 9.17) is 0 Å². The minimum Gasteiger partial charge on any atom is -0.375 e. The van der Waals surface area contributed by atoms with E-state index in [1.807, 2.05) is 0 Å². The molecule has 0 bridgehead atoms. The fourth-order valence-corrected chi connectivity index (χ4v) is 3.44. The molecule has 0 spiro atoms. The van der Waals surface area contributed by atoms with Gasteiger partial charge in [-0.1, -0.05) is 41.5 Å². The molecule has 0 saturated heterocycles. The summed E-state index contributed by atoms with van der Waals surface area (Å²) in [6.07, 6.45) is 0. The summed E-state index contributed by atoms with van der Waals surface area (Å²) >= 11 is 0. The van der Waals surface area contributed by atoms with Crippen molar-refractivity contribution >= 4 is 10.8 Å². The van der Waals surface area contributed by atoms with Crippen LogP contribution in [0.4, 0.5) is 0 Å². The molecule has 1 N–H and O–H groups in total. The molecule has 14 heavy (non-hydrogen) atoms. The van der Waals surface area contributed by atoms with E-state index in [0.29, 0.717) is 5.88 Å². The minimum atomic E-state index is -0.838. The van der Waals surface area contributed by atoms with E-state index in [-0.39, 0.29) is 10.8 Å². The van der Waals surface area contributed by atoms with Crippen LogP contribution in [-0.2, 0) is 10.8 Å². The van der Waals surface area contributed by atoms with Crippen molar-refractivity contribution in [2.45, 2.75) is 41.5 Å². The van der Waals surface area contributed by atoms with E-state index >= 15 is 0 Å². The fourth-order valence-electron chi connectivity index (χ4n) is 1.73. The Balaban J connectivity index is 3.23. The monoisotopic (exact) mass is 215 g/mol. The fraction of sp³-hybridized carbons (Fsp3) is 0.818. The van der Waals surface area contributed by atoms with Gasteiger partial charge in [0.05, 0.1) is 16.7 Å². The van der Waals surface area contributed by atoms with Crippen molar-refractivity contribution in [1.29, 1.82) is 0 Å². The number of rotatable bonds is 0. The smallest absolute Gasteiger partial charge is 0.0953 e. The third kappa shape index (κ3) is 2.19. The quantitative estimate of drug-likeness (QED) is 0.673. The zero-order chi connectivity index (χ0) is 11.1. The molecule has 0 aromatic heterocycles. The highest BCUT2D eigenvalue weighted by atomic mass is 32.2. The molecular weight excluding hydrogens is 194 g/mol. The first-order valence-corrected chi connectivity index (χ1v) is 6.33. The average molecular weight is 215 g/mol. The summed E-state index contributed by atoms with van der Waals surface area (Å²) in [6, 6.07) is 0. The largest absolute Gasteiger partial charge is 0.375 e. The van der Waals surface area contributed by atoms with Gasteiger partial charge in [0.1, 0.15) is 0 Å². The Kier molecular flexibility index (Phi) is 2.83. The van der Waals surface area contributed by atoms with Crippen LogP contribution in [0.3, 0.4) is 0 Å². The molecule has 1 heterocycles. The van der Waals surface area contributed by atoms with Gasteiger partial charge < -0.3 is 5.32 Å². The molecule has 1 aliphatic rings. The maximum atomic E-state index is 11.9. The maximum absolute atomic E-state index is 11.9. The molecule has 1 rings (SSSR count). The first-order chi connectivity index (χ1) is 6.14. The van der Waals surface area contributed by atoms with Crippen LogP contribution in [0.5, 0.6) is 0 Å². The molecule has 0 saturated carbocycles. The molecule has 1 atom stereocenters. The zero-order valence-corrected chi connectivity index (χ0v) is 10.8. The molecule has 1 unspecified atom stereocenters. The van der Waals surface area contributed by atoms with Gasteiger partial charge in [0, 0.05) is 16.0 Å². The zero-order valence-electron chi connectivity index (χ0n) is 10.0. The average Bonchev–Trinajstić information content (AvgIpc) is 2.27. The number of nitrogens with one attached hydrogen (secondary N) is 1. The van der Waals surface area contributed by atoms with Gasteiger partial charge in [-0.3, -0.25) is 4.21 Å². The van der Waals surface area contributed by atoms with Crippen molar-refractivity contribution in [1.82, 2.24) is 5.32 Å². The van der Waals surface area contributed by atoms with Gasteiger partial charge >= 0.3 is 0 Å². The van der Waals surface area contributed by atoms with Crippen molar-refractivity contribution in [3.8, 4) is 0 Å². The van der Waals surface area contributed by atoms with Crippen molar-refractivity contribution in [2.75, 3.05) is 5.88 Å². The predicted molar refractivity (Wildman–Crippen MR) is 62.1 cm³/mol. The summed E-state index contributed by atoms with van der Waals surface area (Å²) in [5.74, 6) is 0.583. The summed E-state index contributed by atoms with van der Waals surface area (Å²) < 4.78 is 11.9. The lowest BCUT2D eigenvalue weighted by Crippen LogP contribution is -2.23. The molecule has 2 nitrogen and oxygen atoms in total. The molecule has 3 heteroatoms. The summed E-state index contributed by atoms with van der Waals surface area (Å²) in [6.45, 7) is 12.8. The minimum absolute atomic E-state index is 0.00300. The Hall–Kier alpha value is -0.310. The molecule has 82 valence electrons. The van der Waals surface area contributed by atoms with Gasteiger partial charge in [0.15, 0.2) is 0 Å². The Labute approximate surface area is 89.6 Å². The van der Waals surface area contributed by atoms with Gasteiger partial charge in [-0.15, -0.1) is 0 Å². The van der Waals surface area contributed by atoms with Crippen LogP contribution < -0.4 is 5.32 Å². The Morgan fingerprint density at radius 1 is 1.07 bits per heavy atom. The second-order valence-electron chi connectivity index (χ2n) is 5.87. The molecule has 0 aromatic rings. The highest BCUT2D eigenvalue weighted by molar-refractivity contribution is 7.89. The van der Waals surface area contributed by atoms with E-state index in [9.17, 15) is 4.21 Å². The van der Waals surface area contributed by atoms with Crippen LogP contribution in [0.2, 0.25) is 0 Å². The lowest BCUT2D eigenvalue weighted by atomic mass is 9.85. The third-order valence-electron chi connectivity index (χ3n) is 2.27. The first kappa shape index (κ1) is 11.8. The van der Waals surface area contributed by atoms with Crippen LogP contribution in [-0.4, -0.2) is 10.1 Å². The van der Waals surface area contributed by atoms with Gasteiger partial charge in [-0.2, -0.15) is 0 Å². The van der Waals surface area contributed by atoms with Crippen molar-refractivity contribution < 1.29 is 4.21 Å². The van der Waals surface area contributed by atoms with E-state index in [1.165, 1.54) is 5.70 Å². The van der Waals surface area contributed by atoms with Crippen LogP contribution in [0, 0.1) is 10.8 Å². The Bertz CT molecular complexity index is 291. The van der Waals surface area contributed by atoms with Crippen LogP contribution in [0.1, 0.15) is 41.5 Å². The van der Waals surface area contributed by atoms with Gasteiger partial charge in [0.25, 0.3) is 0 Å². The van der Waals surface area contributed by atoms with E-state index in [2.05, 4.69) is 46.9 Å². The van der Waals surface area contributed by atoms with Crippen LogP contribution >= 0.6 is 0 Å². The Morgan fingerprint density at radius 3 is 1.86 bits per heavy atom. The van der Waals surface area contributed by atoms with Gasteiger partial charge in [-0.25, -0.2) is 0 Å². The molecule has 0 amide bonds. The van der Waals surface area contributed by atoms with Gasteiger partial charge in [-0.05, 0) is 5.41 Å². The lowest BCUT2D eigenvalue weighted by molar-refractivity contribution is 0.443. The highest BCUT2D eigenvalue weighted by Gasteiger charge is 2.35. The van der Waals surface area contributed by atoms with E-state index < -0.39 is 10.8 Å². The molecule has 1 aliphatic heterocycles. The maximum Gasteiger partial charge on any atom is 0.0953 e. The first-order valence-electron chi connectivity index (χ1n) is 5.01. The van der Waals surface area contributed by atoms with Crippen LogP contribution in [0.15, 0.2) is 10.6 Å². The van der Waals surface area contributed by atoms with Gasteiger partial charge in [0.2, 0.25) is 0 Å². The molecule has 0 aromatic carbocycles. The topological polar surface area (TPSA) is 29.1 Å². The second-order valence-corrected chi connectivity index (χ2v) is 7.26.